The number of aryl methyl sites for hydroxylation is 1. The highest BCUT2D eigenvalue weighted by molar-refractivity contribution is 5.94. The molecule has 1 atom stereocenters. The van der Waals surface area contributed by atoms with Gasteiger partial charge in [0.05, 0.1) is 0 Å². The Morgan fingerprint density at radius 3 is 2.85 bits per heavy atom. The number of carbonyl (C=O) groups excluding carboxylic acids is 1. The molecule has 138 valence electrons. The molecule has 1 unspecified atom stereocenters. The first-order chi connectivity index (χ1) is 12.4. The second kappa shape index (κ2) is 7.27. The molecule has 2 N–H and O–H groups in total. The average molecular weight is 359 g/mol. The van der Waals surface area contributed by atoms with Gasteiger partial charge in [0.25, 0.3) is 5.91 Å². The summed E-state index contributed by atoms with van der Waals surface area (Å²) in [4.78, 5) is 23.3. The van der Waals surface area contributed by atoms with E-state index in [2.05, 4.69) is 10.4 Å². The third kappa shape index (κ3) is 3.61. The summed E-state index contributed by atoms with van der Waals surface area (Å²) in [6.07, 6.45) is 2.37. The fraction of sp³-hybridized carbons (Fsp3) is 0.421. The molecule has 0 radical (unpaired) electrons. The van der Waals surface area contributed by atoms with E-state index < -0.39 is 5.97 Å². The van der Waals surface area contributed by atoms with Crippen LogP contribution >= 0.6 is 0 Å². The van der Waals surface area contributed by atoms with E-state index in [1.165, 1.54) is 10.7 Å². The van der Waals surface area contributed by atoms with Gasteiger partial charge in [-0.2, -0.15) is 5.10 Å². The molecule has 0 fully saturated rings. The Labute approximate surface area is 151 Å². The summed E-state index contributed by atoms with van der Waals surface area (Å²) in [6.45, 7) is 3.84. The van der Waals surface area contributed by atoms with Gasteiger partial charge < -0.3 is 10.4 Å². The number of hydrogen-bond acceptors (Lipinski definition) is 3. The van der Waals surface area contributed by atoms with Crippen LogP contribution in [0.15, 0.2) is 18.2 Å². The maximum Gasteiger partial charge on any atom is 0.303 e. The lowest BCUT2D eigenvalue weighted by Crippen LogP contribution is -2.30. The molecule has 7 heteroatoms. The first kappa shape index (κ1) is 18.1. The highest BCUT2D eigenvalue weighted by Crippen LogP contribution is 2.29. The van der Waals surface area contributed by atoms with Crippen molar-refractivity contribution in [2.45, 2.75) is 39.5 Å². The van der Waals surface area contributed by atoms with Gasteiger partial charge in [-0.25, -0.2) is 9.07 Å². The molecule has 1 aliphatic rings. The Morgan fingerprint density at radius 1 is 1.38 bits per heavy atom. The lowest BCUT2D eigenvalue weighted by molar-refractivity contribution is -0.137. The summed E-state index contributed by atoms with van der Waals surface area (Å²) in [5.41, 5.74) is 3.19. The highest BCUT2D eigenvalue weighted by atomic mass is 19.1. The van der Waals surface area contributed by atoms with Crippen molar-refractivity contribution < 1.29 is 19.1 Å². The monoisotopic (exact) mass is 359 g/mol. The third-order valence-corrected chi connectivity index (χ3v) is 4.61. The molecule has 0 saturated carbocycles. The zero-order chi connectivity index (χ0) is 18.8. The van der Waals surface area contributed by atoms with Gasteiger partial charge in [0.1, 0.15) is 11.5 Å². The second-order valence-corrected chi connectivity index (χ2v) is 6.91. The van der Waals surface area contributed by atoms with Crippen LogP contribution in [0.4, 0.5) is 4.39 Å². The first-order valence-electron chi connectivity index (χ1n) is 8.74. The van der Waals surface area contributed by atoms with E-state index in [0.29, 0.717) is 11.4 Å². The highest BCUT2D eigenvalue weighted by Gasteiger charge is 2.28. The summed E-state index contributed by atoms with van der Waals surface area (Å²) in [5.74, 6) is -1.79. The molecule has 26 heavy (non-hydrogen) atoms. The van der Waals surface area contributed by atoms with Gasteiger partial charge in [-0.3, -0.25) is 9.59 Å². The van der Waals surface area contributed by atoms with Gasteiger partial charge in [-0.1, -0.05) is 13.0 Å². The van der Waals surface area contributed by atoms with Crippen LogP contribution in [0.25, 0.3) is 5.69 Å². The van der Waals surface area contributed by atoms with Crippen molar-refractivity contribution in [3.05, 3.63) is 46.5 Å². The van der Waals surface area contributed by atoms with Crippen LogP contribution in [-0.2, 0) is 17.6 Å². The third-order valence-electron chi connectivity index (χ3n) is 4.61. The minimum absolute atomic E-state index is 0.0125. The number of halogens is 1. The number of carboxylic acid groups (broad SMARTS) is 1. The number of hydrogen-bond donors (Lipinski definition) is 2. The smallest absolute Gasteiger partial charge is 0.303 e. The maximum absolute atomic E-state index is 14.4. The summed E-state index contributed by atoms with van der Waals surface area (Å²) in [7, 11) is 0. The van der Waals surface area contributed by atoms with Crippen LogP contribution in [0.1, 0.15) is 47.1 Å². The summed E-state index contributed by atoms with van der Waals surface area (Å²) in [6, 6.07) is 4.94. The van der Waals surface area contributed by atoms with Crippen LogP contribution in [0, 0.1) is 18.7 Å². The SMILES string of the molecule is Cc1ccc(-n2nc(C(=O)NCC(C)CC(=O)O)c3c2CCC3)c(F)c1. The lowest BCUT2D eigenvalue weighted by Gasteiger charge is -2.10. The van der Waals surface area contributed by atoms with Crippen molar-refractivity contribution in [2.24, 2.45) is 5.92 Å². The van der Waals surface area contributed by atoms with Gasteiger partial charge in [0.2, 0.25) is 0 Å². The van der Waals surface area contributed by atoms with E-state index in [9.17, 15) is 14.0 Å². The number of carbonyl (C=O) groups is 2. The quantitative estimate of drug-likeness (QED) is 0.830. The standard InChI is InChI=1S/C19H22FN3O3/c1-11-6-7-16(14(20)8-11)23-15-5-3-4-13(15)18(22-23)19(26)21-10-12(2)9-17(24)25/h6-8,12H,3-5,9-10H2,1-2H3,(H,21,26)(H,24,25). The minimum atomic E-state index is -0.897. The van der Waals surface area contributed by atoms with Crippen molar-refractivity contribution in [3.63, 3.8) is 0 Å². The first-order valence-corrected chi connectivity index (χ1v) is 8.74. The Morgan fingerprint density at radius 2 is 2.15 bits per heavy atom. The fourth-order valence-corrected chi connectivity index (χ4v) is 3.32. The van der Waals surface area contributed by atoms with Crippen molar-refractivity contribution in [2.75, 3.05) is 6.54 Å². The molecule has 3 rings (SSSR count). The number of aromatic nitrogens is 2. The molecule has 6 nitrogen and oxygen atoms in total. The minimum Gasteiger partial charge on any atom is -0.481 e. The number of rotatable bonds is 6. The number of nitrogens with one attached hydrogen (secondary N) is 1. The molecular weight excluding hydrogens is 337 g/mol. The van der Waals surface area contributed by atoms with Gasteiger partial charge in [-0.05, 0) is 49.8 Å². The van der Waals surface area contributed by atoms with E-state index in [4.69, 9.17) is 5.11 Å². The van der Waals surface area contributed by atoms with E-state index in [1.54, 1.807) is 13.0 Å². The van der Waals surface area contributed by atoms with Crippen LogP contribution in [0.5, 0.6) is 0 Å². The van der Waals surface area contributed by atoms with Crippen LogP contribution < -0.4 is 5.32 Å². The number of amides is 1. The maximum atomic E-state index is 14.4. The van der Waals surface area contributed by atoms with Gasteiger partial charge in [0.15, 0.2) is 5.69 Å². The molecule has 0 saturated heterocycles. The average Bonchev–Trinajstić information content (AvgIpc) is 3.15. The summed E-state index contributed by atoms with van der Waals surface area (Å²) >= 11 is 0. The Bertz CT molecular complexity index is 860. The topological polar surface area (TPSA) is 84.2 Å². The van der Waals surface area contributed by atoms with Crippen LogP contribution in [-0.4, -0.2) is 33.3 Å². The predicted molar refractivity (Wildman–Crippen MR) is 94.0 cm³/mol. The number of fused-ring (bicyclic) bond motifs is 1. The Balaban J connectivity index is 1.85. The molecule has 1 amide bonds. The summed E-state index contributed by atoms with van der Waals surface area (Å²) < 4.78 is 15.9. The number of carboxylic acids is 1. The van der Waals surface area contributed by atoms with Gasteiger partial charge in [-0.15, -0.1) is 0 Å². The van der Waals surface area contributed by atoms with Crippen molar-refractivity contribution in [3.8, 4) is 5.69 Å². The van der Waals surface area contributed by atoms with E-state index in [1.807, 2.05) is 13.0 Å². The number of benzene rings is 1. The lowest BCUT2D eigenvalue weighted by atomic mass is 10.1. The van der Waals surface area contributed by atoms with E-state index >= 15 is 0 Å². The molecule has 1 aromatic carbocycles. The molecule has 1 aliphatic carbocycles. The molecule has 1 aromatic heterocycles. The van der Waals surface area contributed by atoms with Crippen molar-refractivity contribution in [1.29, 1.82) is 0 Å². The zero-order valence-electron chi connectivity index (χ0n) is 14.9. The van der Waals surface area contributed by atoms with Crippen molar-refractivity contribution >= 4 is 11.9 Å². The molecular formula is C19H22FN3O3. The van der Waals surface area contributed by atoms with E-state index in [-0.39, 0.29) is 30.6 Å². The van der Waals surface area contributed by atoms with Gasteiger partial charge >= 0.3 is 5.97 Å². The molecule has 0 bridgehead atoms. The predicted octanol–water partition coefficient (Wildman–Crippen LogP) is 2.65. The summed E-state index contributed by atoms with van der Waals surface area (Å²) in [5, 5.41) is 15.9. The largest absolute Gasteiger partial charge is 0.481 e. The normalized spacial score (nSPS) is 14.1. The second-order valence-electron chi connectivity index (χ2n) is 6.91. The van der Waals surface area contributed by atoms with Crippen molar-refractivity contribution in [1.82, 2.24) is 15.1 Å². The van der Waals surface area contributed by atoms with Crippen LogP contribution in [0.2, 0.25) is 0 Å². The van der Waals surface area contributed by atoms with Gasteiger partial charge in [0, 0.05) is 24.2 Å². The number of nitrogens with zero attached hydrogens (tertiary/aromatic N) is 2. The fourth-order valence-electron chi connectivity index (χ4n) is 3.32. The Hall–Kier alpha value is -2.70. The molecule has 2 aromatic rings. The molecule has 0 spiro atoms. The number of aliphatic carboxylic acids is 1. The molecule has 1 heterocycles. The zero-order valence-corrected chi connectivity index (χ0v) is 14.9. The van der Waals surface area contributed by atoms with Crippen LogP contribution in [0.3, 0.4) is 0 Å². The van der Waals surface area contributed by atoms with E-state index in [0.717, 1.165) is 36.1 Å². The Kier molecular flexibility index (Phi) is 5.06. The molecule has 0 aliphatic heterocycles.